The lowest BCUT2D eigenvalue weighted by Crippen LogP contribution is -2.67. The van der Waals surface area contributed by atoms with Gasteiger partial charge in [-0.15, -0.1) is 0 Å². The normalized spacial score (nSPS) is 51.7. The van der Waals surface area contributed by atoms with Crippen LogP contribution in [0.5, 0.6) is 0 Å². The number of rotatable bonds is 4. The molecule has 10 N–H and O–H groups in total. The molecule has 2 aliphatic heterocycles. The number of aliphatic hydroxyl groups is 6. The van der Waals surface area contributed by atoms with E-state index in [0.717, 1.165) is 0 Å². The van der Waals surface area contributed by atoms with Crippen molar-refractivity contribution in [3.05, 3.63) is 0 Å². The van der Waals surface area contributed by atoms with Gasteiger partial charge in [0.05, 0.1) is 25.3 Å². The van der Waals surface area contributed by atoms with Gasteiger partial charge in [-0.1, -0.05) is 0 Å². The summed E-state index contributed by atoms with van der Waals surface area (Å²) in [6.45, 7) is -1.17. The summed E-state index contributed by atoms with van der Waals surface area (Å²) in [6.07, 6.45) is -10.5. The molecular weight excluding hydrogens is 316 g/mol. The highest BCUT2D eigenvalue weighted by atomic mass is 16.7. The molecule has 11 nitrogen and oxygen atoms in total. The molecule has 0 aromatic heterocycles. The van der Waals surface area contributed by atoms with Crippen LogP contribution in [0.2, 0.25) is 0 Å². The predicted molar refractivity (Wildman–Crippen MR) is 72.6 cm³/mol. The summed E-state index contributed by atoms with van der Waals surface area (Å²) in [5.74, 6) is 0. The molecule has 136 valence electrons. The summed E-state index contributed by atoms with van der Waals surface area (Å²) < 4.78 is 15.8. The molecule has 0 amide bonds. The van der Waals surface area contributed by atoms with Crippen LogP contribution in [0.4, 0.5) is 0 Å². The molecule has 2 heterocycles. The van der Waals surface area contributed by atoms with Crippen LogP contribution < -0.4 is 11.5 Å². The van der Waals surface area contributed by atoms with Gasteiger partial charge in [0.25, 0.3) is 0 Å². The zero-order valence-electron chi connectivity index (χ0n) is 12.3. The Hall–Kier alpha value is -0.440. The molecule has 11 heteroatoms. The van der Waals surface area contributed by atoms with Crippen LogP contribution in [0.1, 0.15) is 0 Å². The van der Waals surface area contributed by atoms with Crippen molar-refractivity contribution in [1.29, 1.82) is 0 Å². The number of nitrogens with two attached hydrogens (primary N) is 2. The molecular formula is C12H24N2O9. The first-order chi connectivity index (χ1) is 10.8. The quantitative estimate of drug-likeness (QED) is 0.242. The van der Waals surface area contributed by atoms with Gasteiger partial charge in [-0.3, -0.25) is 0 Å². The van der Waals surface area contributed by atoms with E-state index in [4.69, 9.17) is 30.8 Å². The van der Waals surface area contributed by atoms with Crippen molar-refractivity contribution in [1.82, 2.24) is 0 Å². The number of ether oxygens (including phenoxy) is 3. The Morgan fingerprint density at radius 3 is 1.96 bits per heavy atom. The maximum atomic E-state index is 10.1. The summed E-state index contributed by atoms with van der Waals surface area (Å²) in [5, 5.41) is 57.7. The molecule has 0 bridgehead atoms. The Bertz CT molecular complexity index is 386. The minimum atomic E-state index is -1.49. The van der Waals surface area contributed by atoms with Crippen molar-refractivity contribution in [2.45, 2.75) is 61.3 Å². The van der Waals surface area contributed by atoms with E-state index >= 15 is 0 Å². The lowest BCUT2D eigenvalue weighted by molar-refractivity contribution is -0.324. The molecule has 0 radical (unpaired) electrons. The molecule has 2 fully saturated rings. The fourth-order valence-corrected chi connectivity index (χ4v) is 2.65. The van der Waals surface area contributed by atoms with Gasteiger partial charge in [0.15, 0.2) is 12.6 Å². The predicted octanol–water partition coefficient (Wildman–Crippen LogP) is -5.46. The van der Waals surface area contributed by atoms with Crippen molar-refractivity contribution in [2.75, 3.05) is 13.2 Å². The van der Waals surface area contributed by atoms with E-state index in [1.54, 1.807) is 0 Å². The maximum Gasteiger partial charge on any atom is 0.176 e. The summed E-state index contributed by atoms with van der Waals surface area (Å²) in [6, 6.07) is -2.37. The minimum absolute atomic E-state index is 0.581. The van der Waals surface area contributed by atoms with Gasteiger partial charge < -0.3 is 56.3 Å². The number of hydrogen-bond donors (Lipinski definition) is 8. The van der Waals surface area contributed by atoms with Crippen LogP contribution in [-0.4, -0.2) is 105 Å². The van der Waals surface area contributed by atoms with Crippen LogP contribution in [-0.2, 0) is 14.2 Å². The van der Waals surface area contributed by atoms with E-state index in [1.165, 1.54) is 0 Å². The highest BCUT2D eigenvalue weighted by molar-refractivity contribution is 4.95. The smallest absolute Gasteiger partial charge is 0.176 e. The number of hydrogen-bond acceptors (Lipinski definition) is 11. The van der Waals surface area contributed by atoms with Crippen LogP contribution in [0, 0.1) is 0 Å². The lowest BCUT2D eigenvalue weighted by atomic mass is 9.95. The molecule has 2 rings (SSSR count). The Kier molecular flexibility index (Phi) is 6.27. The van der Waals surface area contributed by atoms with Crippen LogP contribution in [0.25, 0.3) is 0 Å². The van der Waals surface area contributed by atoms with Crippen LogP contribution in [0.3, 0.4) is 0 Å². The molecule has 2 aliphatic rings. The fraction of sp³-hybridized carbons (Fsp3) is 1.00. The van der Waals surface area contributed by atoms with Gasteiger partial charge >= 0.3 is 0 Å². The molecule has 0 aliphatic carbocycles. The van der Waals surface area contributed by atoms with Crippen molar-refractivity contribution in [3.63, 3.8) is 0 Å². The standard InChI is InChI=1S/C12H24N2O9/c13-5-9(19)10(4(2-16)21-11(5)20)23-12-6(14)8(18)7(17)3(1-15)22-12/h3-12,15-20H,1-2,13-14H2/t3?,4?,5?,6?,7?,8?,9?,10?,11?,12-/m1/s1. The molecule has 23 heavy (non-hydrogen) atoms. The Labute approximate surface area is 132 Å². The van der Waals surface area contributed by atoms with Gasteiger partial charge in [-0.2, -0.15) is 0 Å². The average Bonchev–Trinajstić information content (AvgIpc) is 2.55. The molecule has 10 atom stereocenters. The first-order valence-corrected chi connectivity index (χ1v) is 7.23. The van der Waals surface area contributed by atoms with Gasteiger partial charge in [-0.25, -0.2) is 0 Å². The van der Waals surface area contributed by atoms with Crippen molar-refractivity contribution >= 4 is 0 Å². The third kappa shape index (κ3) is 3.65. The molecule has 0 aromatic rings. The van der Waals surface area contributed by atoms with Crippen molar-refractivity contribution in [2.24, 2.45) is 11.5 Å². The molecule has 9 unspecified atom stereocenters. The van der Waals surface area contributed by atoms with Crippen molar-refractivity contribution in [3.8, 4) is 0 Å². The highest BCUT2D eigenvalue weighted by Gasteiger charge is 2.49. The van der Waals surface area contributed by atoms with E-state index < -0.39 is 74.5 Å². The molecule has 0 aromatic carbocycles. The Morgan fingerprint density at radius 2 is 1.39 bits per heavy atom. The topological polar surface area (TPSA) is 201 Å². The summed E-state index contributed by atoms with van der Waals surface area (Å²) >= 11 is 0. The molecule has 0 spiro atoms. The third-order valence-corrected chi connectivity index (χ3v) is 4.14. The first-order valence-electron chi connectivity index (χ1n) is 7.23. The van der Waals surface area contributed by atoms with E-state index in [-0.39, 0.29) is 0 Å². The molecule has 0 saturated carbocycles. The van der Waals surface area contributed by atoms with E-state index in [1.807, 2.05) is 0 Å². The van der Waals surface area contributed by atoms with Gasteiger partial charge in [0, 0.05) is 0 Å². The Morgan fingerprint density at radius 1 is 0.783 bits per heavy atom. The van der Waals surface area contributed by atoms with Crippen LogP contribution >= 0.6 is 0 Å². The second-order valence-electron chi connectivity index (χ2n) is 5.70. The third-order valence-electron chi connectivity index (χ3n) is 4.14. The second-order valence-corrected chi connectivity index (χ2v) is 5.70. The summed E-state index contributed by atoms with van der Waals surface area (Å²) in [4.78, 5) is 0. The maximum absolute atomic E-state index is 10.1. The monoisotopic (exact) mass is 340 g/mol. The fourth-order valence-electron chi connectivity index (χ4n) is 2.65. The van der Waals surface area contributed by atoms with Gasteiger partial charge in [0.1, 0.15) is 36.6 Å². The average molecular weight is 340 g/mol. The minimum Gasteiger partial charge on any atom is -0.394 e. The van der Waals surface area contributed by atoms with E-state index in [0.29, 0.717) is 0 Å². The first kappa shape index (κ1) is 18.9. The van der Waals surface area contributed by atoms with Gasteiger partial charge in [0.2, 0.25) is 0 Å². The van der Waals surface area contributed by atoms with Crippen molar-refractivity contribution < 1.29 is 44.8 Å². The summed E-state index contributed by atoms with van der Waals surface area (Å²) in [5.41, 5.74) is 11.3. The van der Waals surface area contributed by atoms with Gasteiger partial charge in [-0.05, 0) is 0 Å². The number of aliphatic hydroxyl groups excluding tert-OH is 6. The zero-order valence-corrected chi connectivity index (χ0v) is 12.3. The zero-order chi connectivity index (χ0) is 17.3. The second kappa shape index (κ2) is 7.63. The lowest BCUT2D eigenvalue weighted by Gasteiger charge is -2.45. The molecule has 2 saturated heterocycles. The van der Waals surface area contributed by atoms with E-state index in [2.05, 4.69) is 0 Å². The van der Waals surface area contributed by atoms with Crippen LogP contribution in [0.15, 0.2) is 0 Å². The summed E-state index contributed by atoms with van der Waals surface area (Å²) in [7, 11) is 0. The highest BCUT2D eigenvalue weighted by Crippen LogP contribution is 2.27. The Balaban J connectivity index is 2.11. The van der Waals surface area contributed by atoms with E-state index in [9.17, 15) is 25.5 Å². The largest absolute Gasteiger partial charge is 0.394 e. The SMILES string of the molecule is NC1C(O)OC(CO)C(O[C@H]2OC(CO)C(O)C(O)C2N)C1O.